The summed E-state index contributed by atoms with van der Waals surface area (Å²) in [6, 6.07) is 11.8. The molecule has 1 aliphatic heterocycles. The van der Waals surface area contributed by atoms with Crippen LogP contribution < -0.4 is 10.1 Å². The van der Waals surface area contributed by atoms with Crippen molar-refractivity contribution in [1.29, 1.82) is 0 Å². The summed E-state index contributed by atoms with van der Waals surface area (Å²) in [7, 11) is -2.40. The van der Waals surface area contributed by atoms with Gasteiger partial charge in [0.25, 0.3) is 5.91 Å². The number of carbonyl (C=O) groups excluding carboxylic acids is 1. The van der Waals surface area contributed by atoms with Gasteiger partial charge in [0.2, 0.25) is 16.3 Å². The van der Waals surface area contributed by atoms with E-state index in [1.807, 2.05) is 0 Å². The first-order chi connectivity index (χ1) is 18.4. The lowest BCUT2D eigenvalue weighted by molar-refractivity contribution is -0.153. The van der Waals surface area contributed by atoms with Crippen molar-refractivity contribution in [2.24, 2.45) is 11.3 Å². The molecular weight excluding hydrogens is 527 g/mol. The Labute approximate surface area is 229 Å². The van der Waals surface area contributed by atoms with Gasteiger partial charge in [-0.25, -0.2) is 12.8 Å². The first-order valence-corrected chi connectivity index (χ1v) is 14.2. The molecule has 39 heavy (non-hydrogen) atoms. The predicted octanol–water partition coefficient (Wildman–Crippen LogP) is 3.44. The van der Waals surface area contributed by atoms with Crippen LogP contribution in [0.1, 0.15) is 32.8 Å². The number of allylic oxidation sites excluding steroid dienone is 1. The second kappa shape index (κ2) is 13.4. The minimum atomic E-state index is -3.89. The zero-order chi connectivity index (χ0) is 28.6. The van der Waals surface area contributed by atoms with E-state index in [0.717, 1.165) is 9.87 Å². The molecule has 0 aliphatic carbocycles. The molecular formula is C28H37FN2O7S. The Balaban J connectivity index is 1.64. The molecule has 0 spiro atoms. The molecule has 0 aromatic heterocycles. The van der Waals surface area contributed by atoms with E-state index in [0.29, 0.717) is 12.2 Å². The van der Waals surface area contributed by atoms with Crippen molar-refractivity contribution >= 4 is 15.9 Å². The predicted molar refractivity (Wildman–Crippen MR) is 144 cm³/mol. The summed E-state index contributed by atoms with van der Waals surface area (Å²) in [5.41, 5.74) is 0.553. The van der Waals surface area contributed by atoms with Crippen LogP contribution in [-0.2, 0) is 30.8 Å². The molecule has 2 aromatic carbocycles. The molecule has 3 rings (SSSR count). The lowest BCUT2D eigenvalue weighted by Crippen LogP contribution is -2.39. The van der Waals surface area contributed by atoms with E-state index >= 15 is 0 Å². The number of nitrogens with one attached hydrogen (secondary N) is 1. The SMILES string of the molecule is COc1ccc(S(=O)(=O)N(CCO)CCO[C@@H]2C[C@H](C(C)(C)C)C=C(C(=O)NCc3ccc(F)cc3)O2)cc1. The summed E-state index contributed by atoms with van der Waals surface area (Å²) >= 11 is 0. The third-order valence-corrected chi connectivity index (χ3v) is 8.36. The van der Waals surface area contributed by atoms with Crippen molar-refractivity contribution in [1.82, 2.24) is 9.62 Å². The Hall–Kier alpha value is -2.99. The molecule has 9 nitrogen and oxygen atoms in total. The van der Waals surface area contributed by atoms with E-state index in [1.54, 1.807) is 30.3 Å². The molecule has 1 amide bonds. The fourth-order valence-corrected chi connectivity index (χ4v) is 5.46. The molecule has 1 heterocycles. The fourth-order valence-electron chi connectivity index (χ4n) is 4.04. The third kappa shape index (κ3) is 8.50. The van der Waals surface area contributed by atoms with E-state index in [2.05, 4.69) is 26.1 Å². The van der Waals surface area contributed by atoms with Gasteiger partial charge in [-0.3, -0.25) is 4.79 Å². The standard InChI is InChI=1S/C28H37FN2O7S/c1-28(2,3)21-17-25(27(33)30-19-20-5-7-22(29)8-6-20)38-26(18-21)37-16-14-31(13-15-32)39(34,35)24-11-9-23(36-4)10-12-24/h5-12,17,21,26,32H,13-16,18-19H2,1-4H3,(H,30,33)/t21-,26+/m1/s1. The Morgan fingerprint density at radius 2 is 1.79 bits per heavy atom. The van der Waals surface area contributed by atoms with E-state index in [-0.39, 0.29) is 60.7 Å². The molecule has 1 aliphatic rings. The summed E-state index contributed by atoms with van der Waals surface area (Å²) in [6.45, 7) is 5.85. The number of amides is 1. The first-order valence-electron chi connectivity index (χ1n) is 12.7. The van der Waals surface area contributed by atoms with Crippen molar-refractivity contribution in [2.75, 3.05) is 33.4 Å². The maximum Gasteiger partial charge on any atom is 0.286 e. The number of benzene rings is 2. The van der Waals surface area contributed by atoms with Gasteiger partial charge in [-0.2, -0.15) is 4.31 Å². The molecule has 0 saturated carbocycles. The summed E-state index contributed by atoms with van der Waals surface area (Å²) in [5.74, 6) is -0.179. The normalized spacial score (nSPS) is 17.9. The minimum absolute atomic E-state index is 0.0125. The van der Waals surface area contributed by atoms with Crippen molar-refractivity contribution in [3.63, 3.8) is 0 Å². The van der Waals surface area contributed by atoms with Crippen LogP contribution in [0.5, 0.6) is 5.75 Å². The highest BCUT2D eigenvalue weighted by atomic mass is 32.2. The largest absolute Gasteiger partial charge is 0.497 e. The van der Waals surface area contributed by atoms with Crippen molar-refractivity contribution < 1.29 is 36.9 Å². The lowest BCUT2D eigenvalue weighted by atomic mass is 9.77. The smallest absolute Gasteiger partial charge is 0.286 e. The number of rotatable bonds is 12. The number of hydrogen-bond acceptors (Lipinski definition) is 7. The number of sulfonamides is 1. The van der Waals surface area contributed by atoms with Crippen LogP contribution in [0.15, 0.2) is 65.3 Å². The Kier molecular flexibility index (Phi) is 10.5. The van der Waals surface area contributed by atoms with Crippen LogP contribution in [0.2, 0.25) is 0 Å². The van der Waals surface area contributed by atoms with Gasteiger partial charge in [0.1, 0.15) is 11.6 Å². The van der Waals surface area contributed by atoms with E-state index < -0.39 is 22.2 Å². The molecule has 214 valence electrons. The van der Waals surface area contributed by atoms with Gasteiger partial charge in [-0.1, -0.05) is 32.9 Å². The van der Waals surface area contributed by atoms with Crippen LogP contribution in [0.4, 0.5) is 4.39 Å². The molecule has 0 saturated heterocycles. The second-order valence-electron chi connectivity index (χ2n) is 10.3. The van der Waals surface area contributed by atoms with Gasteiger partial charge < -0.3 is 24.6 Å². The Morgan fingerprint density at radius 1 is 1.13 bits per heavy atom. The highest BCUT2D eigenvalue weighted by Gasteiger charge is 2.34. The van der Waals surface area contributed by atoms with Gasteiger partial charge in [-0.05, 0) is 59.4 Å². The Bertz CT molecular complexity index is 1230. The Morgan fingerprint density at radius 3 is 2.38 bits per heavy atom. The number of aliphatic hydroxyl groups is 1. The number of nitrogens with zero attached hydrogens (tertiary/aromatic N) is 1. The molecule has 11 heteroatoms. The van der Waals surface area contributed by atoms with E-state index in [9.17, 15) is 22.7 Å². The maximum absolute atomic E-state index is 13.2. The van der Waals surface area contributed by atoms with Gasteiger partial charge in [-0.15, -0.1) is 0 Å². The van der Waals surface area contributed by atoms with Crippen LogP contribution in [0, 0.1) is 17.2 Å². The third-order valence-electron chi connectivity index (χ3n) is 6.45. The van der Waals surface area contributed by atoms with E-state index in [4.69, 9.17) is 14.2 Å². The molecule has 0 radical (unpaired) electrons. The topological polar surface area (TPSA) is 114 Å². The van der Waals surface area contributed by atoms with Crippen molar-refractivity contribution in [2.45, 2.75) is 44.9 Å². The monoisotopic (exact) mass is 564 g/mol. The van der Waals surface area contributed by atoms with Crippen molar-refractivity contribution in [3.8, 4) is 5.75 Å². The molecule has 0 fully saturated rings. The summed E-state index contributed by atoms with van der Waals surface area (Å²) < 4.78 is 57.5. The summed E-state index contributed by atoms with van der Waals surface area (Å²) in [5, 5.41) is 12.3. The van der Waals surface area contributed by atoms with Crippen LogP contribution in [0.3, 0.4) is 0 Å². The van der Waals surface area contributed by atoms with Crippen LogP contribution >= 0.6 is 0 Å². The highest BCUT2D eigenvalue weighted by molar-refractivity contribution is 7.89. The van der Waals surface area contributed by atoms with Gasteiger partial charge in [0, 0.05) is 26.1 Å². The number of methoxy groups -OCH3 is 1. The molecule has 2 aromatic rings. The molecule has 0 bridgehead atoms. The molecule has 2 atom stereocenters. The van der Waals surface area contributed by atoms with Crippen LogP contribution in [-0.4, -0.2) is 63.4 Å². The number of carbonyl (C=O) groups is 1. The second-order valence-corrected chi connectivity index (χ2v) is 12.2. The molecule has 2 N–H and O–H groups in total. The summed E-state index contributed by atoms with van der Waals surface area (Å²) in [4.78, 5) is 13.0. The maximum atomic E-state index is 13.2. The first kappa shape index (κ1) is 30.6. The highest BCUT2D eigenvalue weighted by Crippen LogP contribution is 2.36. The fraction of sp³-hybridized carbons (Fsp3) is 0.464. The average Bonchev–Trinajstić information content (AvgIpc) is 2.91. The zero-order valence-electron chi connectivity index (χ0n) is 22.7. The number of ether oxygens (including phenoxy) is 3. The van der Waals surface area contributed by atoms with Gasteiger partial charge in [0.05, 0.1) is 25.2 Å². The molecule has 0 unspecified atom stereocenters. The van der Waals surface area contributed by atoms with Crippen LogP contribution in [0.25, 0.3) is 0 Å². The van der Waals surface area contributed by atoms with E-state index in [1.165, 1.54) is 31.4 Å². The van der Waals surface area contributed by atoms with Gasteiger partial charge in [0.15, 0.2) is 5.76 Å². The van der Waals surface area contributed by atoms with Gasteiger partial charge >= 0.3 is 0 Å². The number of aliphatic hydroxyl groups excluding tert-OH is 1. The quantitative estimate of drug-likeness (QED) is 0.406. The summed E-state index contributed by atoms with van der Waals surface area (Å²) in [6.07, 6.45) is 1.49. The number of halogens is 1. The zero-order valence-corrected chi connectivity index (χ0v) is 23.5. The van der Waals surface area contributed by atoms with Crippen molar-refractivity contribution in [3.05, 3.63) is 71.7 Å². The lowest BCUT2D eigenvalue weighted by Gasteiger charge is -2.36. The minimum Gasteiger partial charge on any atom is -0.497 e. The number of hydrogen-bond donors (Lipinski definition) is 2. The average molecular weight is 565 g/mol.